The Bertz CT molecular complexity index is 1420. The SMILES string of the molecule is CCOC(=O)C1=C(C)OC2=C(C(OCc3ccccc3)C(OCc3ccccc3)C(COCc3ccccc3)O2)S1=O. The molecule has 0 amide bonds. The van der Waals surface area contributed by atoms with Crippen molar-refractivity contribution in [3.8, 4) is 0 Å². The van der Waals surface area contributed by atoms with Crippen LogP contribution in [0.2, 0.25) is 0 Å². The van der Waals surface area contributed by atoms with Crippen molar-refractivity contribution in [2.24, 2.45) is 0 Å². The summed E-state index contributed by atoms with van der Waals surface area (Å²) in [5, 5.41) is 0. The van der Waals surface area contributed by atoms with Crippen molar-refractivity contribution < 1.29 is 37.4 Å². The molecule has 2 aliphatic heterocycles. The molecule has 4 unspecified atom stereocenters. The van der Waals surface area contributed by atoms with E-state index in [-0.39, 0.29) is 47.9 Å². The third kappa shape index (κ3) is 7.17. The summed E-state index contributed by atoms with van der Waals surface area (Å²) >= 11 is 0. The molecule has 0 saturated carbocycles. The zero-order valence-corrected chi connectivity index (χ0v) is 24.4. The normalized spacial score (nSPS) is 21.8. The summed E-state index contributed by atoms with van der Waals surface area (Å²) < 4.78 is 50.5. The van der Waals surface area contributed by atoms with Gasteiger partial charge in [0.2, 0.25) is 0 Å². The van der Waals surface area contributed by atoms with Gasteiger partial charge in [-0.05, 0) is 30.5 Å². The summed E-state index contributed by atoms with van der Waals surface area (Å²) in [7, 11) is -1.97. The first-order valence-corrected chi connectivity index (χ1v) is 15.0. The monoisotopic (exact) mass is 590 g/mol. The average Bonchev–Trinajstić information content (AvgIpc) is 3.01. The van der Waals surface area contributed by atoms with E-state index in [2.05, 4.69) is 0 Å². The molecule has 0 N–H and O–H groups in total. The van der Waals surface area contributed by atoms with E-state index in [1.165, 1.54) is 0 Å². The largest absolute Gasteiger partial charge is 0.462 e. The maximum absolute atomic E-state index is 14.0. The van der Waals surface area contributed by atoms with E-state index in [1.54, 1.807) is 13.8 Å². The van der Waals surface area contributed by atoms with Gasteiger partial charge in [0.15, 0.2) is 11.0 Å². The van der Waals surface area contributed by atoms with Gasteiger partial charge in [0.05, 0.1) is 33.0 Å². The summed E-state index contributed by atoms with van der Waals surface area (Å²) in [5.74, 6) is -0.526. The van der Waals surface area contributed by atoms with Gasteiger partial charge in [-0.3, -0.25) is 0 Å². The Labute approximate surface area is 248 Å². The molecule has 0 spiro atoms. The molecule has 3 aromatic carbocycles. The van der Waals surface area contributed by atoms with Crippen LogP contribution in [-0.2, 0) is 63.8 Å². The number of esters is 1. The molecule has 2 heterocycles. The van der Waals surface area contributed by atoms with Gasteiger partial charge in [0.1, 0.15) is 33.7 Å². The lowest BCUT2D eigenvalue weighted by Crippen LogP contribution is -2.51. The second kappa shape index (κ2) is 14.4. The van der Waals surface area contributed by atoms with Gasteiger partial charge >= 0.3 is 11.9 Å². The number of ether oxygens (including phenoxy) is 6. The van der Waals surface area contributed by atoms with Crippen LogP contribution in [-0.4, -0.2) is 41.7 Å². The Morgan fingerprint density at radius 3 is 1.93 bits per heavy atom. The molecule has 2 aliphatic rings. The fourth-order valence-electron chi connectivity index (χ4n) is 4.71. The summed E-state index contributed by atoms with van der Waals surface area (Å²) in [6, 6.07) is 29.2. The molecule has 9 heteroatoms. The van der Waals surface area contributed by atoms with Crippen LogP contribution in [0.1, 0.15) is 30.5 Å². The van der Waals surface area contributed by atoms with Crippen LogP contribution in [0.4, 0.5) is 0 Å². The van der Waals surface area contributed by atoms with Gasteiger partial charge in [-0.15, -0.1) is 0 Å². The van der Waals surface area contributed by atoms with Crippen LogP contribution >= 0.6 is 0 Å². The molecule has 220 valence electrons. The predicted molar refractivity (Wildman–Crippen MR) is 157 cm³/mol. The van der Waals surface area contributed by atoms with Crippen molar-refractivity contribution in [1.82, 2.24) is 0 Å². The van der Waals surface area contributed by atoms with E-state index >= 15 is 0 Å². The highest BCUT2D eigenvalue weighted by Crippen LogP contribution is 2.40. The second-order valence-corrected chi connectivity index (χ2v) is 11.1. The van der Waals surface area contributed by atoms with E-state index < -0.39 is 35.1 Å². The molecule has 8 nitrogen and oxygen atoms in total. The maximum Gasteiger partial charge on any atom is 0.351 e. The number of carbonyl (C=O) groups is 1. The molecule has 0 bridgehead atoms. The standard InChI is InChI=1S/C33H34O8S/c1-3-37-32(34)30-23(2)40-33-31(42(30)35)29(39-21-26-17-11-6-12-18-26)28(38-20-25-15-9-5-10-16-25)27(41-33)22-36-19-24-13-7-4-8-14-24/h4-18,27-29H,3,19-22H2,1-2H3. The topological polar surface area (TPSA) is 89.5 Å². The molecule has 42 heavy (non-hydrogen) atoms. The van der Waals surface area contributed by atoms with Crippen LogP contribution < -0.4 is 0 Å². The van der Waals surface area contributed by atoms with Crippen molar-refractivity contribution in [2.75, 3.05) is 13.2 Å². The first-order chi connectivity index (χ1) is 20.5. The predicted octanol–water partition coefficient (Wildman–Crippen LogP) is 5.52. The molecule has 0 saturated heterocycles. The highest BCUT2D eigenvalue weighted by atomic mass is 32.2. The summed E-state index contributed by atoms with van der Waals surface area (Å²) in [4.78, 5) is 12.9. The lowest BCUT2D eigenvalue weighted by atomic mass is 10.0. The van der Waals surface area contributed by atoms with Crippen molar-refractivity contribution in [3.05, 3.63) is 129 Å². The van der Waals surface area contributed by atoms with Crippen molar-refractivity contribution in [3.63, 3.8) is 0 Å². The molecule has 0 aromatic heterocycles. The van der Waals surface area contributed by atoms with Gasteiger partial charge in [-0.25, -0.2) is 9.00 Å². The minimum Gasteiger partial charge on any atom is -0.462 e. The second-order valence-electron chi connectivity index (χ2n) is 9.76. The Balaban J connectivity index is 1.46. The number of benzene rings is 3. The lowest BCUT2D eigenvalue weighted by Gasteiger charge is -2.40. The highest BCUT2D eigenvalue weighted by molar-refractivity contribution is 7.94. The van der Waals surface area contributed by atoms with Crippen LogP contribution in [0.15, 0.2) is 113 Å². The van der Waals surface area contributed by atoms with Crippen molar-refractivity contribution in [1.29, 1.82) is 0 Å². The van der Waals surface area contributed by atoms with Crippen LogP contribution in [0.5, 0.6) is 0 Å². The van der Waals surface area contributed by atoms with Gasteiger partial charge in [-0.1, -0.05) is 91.0 Å². The molecule has 3 aromatic rings. The van der Waals surface area contributed by atoms with Crippen LogP contribution in [0, 0.1) is 0 Å². The molecule has 0 aliphatic carbocycles. The summed E-state index contributed by atoms with van der Waals surface area (Å²) in [5.41, 5.74) is 2.89. The fraction of sp³-hybridized carbons (Fsp3) is 0.303. The van der Waals surface area contributed by atoms with E-state index in [0.717, 1.165) is 16.7 Å². The first kappa shape index (κ1) is 29.7. The summed E-state index contributed by atoms with van der Waals surface area (Å²) in [6.45, 7) is 4.37. The molecule has 5 rings (SSSR count). The number of rotatable bonds is 12. The molecular formula is C33H34O8S. The van der Waals surface area contributed by atoms with Gasteiger partial charge in [-0.2, -0.15) is 0 Å². The number of hydrogen-bond donors (Lipinski definition) is 0. The fourth-order valence-corrected chi connectivity index (χ4v) is 6.10. The first-order valence-electron chi connectivity index (χ1n) is 13.9. The minimum atomic E-state index is -1.97. The number of hydrogen-bond acceptors (Lipinski definition) is 8. The van der Waals surface area contributed by atoms with Gasteiger partial charge < -0.3 is 28.4 Å². The number of allylic oxidation sites excluding steroid dienone is 1. The Hall–Kier alpha value is -3.76. The molecule has 4 atom stereocenters. The van der Waals surface area contributed by atoms with Gasteiger partial charge in [0, 0.05) is 0 Å². The minimum absolute atomic E-state index is 0.0322. The molecular weight excluding hydrogens is 556 g/mol. The van der Waals surface area contributed by atoms with Crippen LogP contribution in [0.25, 0.3) is 0 Å². The maximum atomic E-state index is 14.0. The third-order valence-electron chi connectivity index (χ3n) is 6.75. The smallest absolute Gasteiger partial charge is 0.351 e. The van der Waals surface area contributed by atoms with Crippen LogP contribution in [0.3, 0.4) is 0 Å². The molecule has 0 fully saturated rings. The van der Waals surface area contributed by atoms with E-state index in [0.29, 0.717) is 6.61 Å². The van der Waals surface area contributed by atoms with E-state index in [4.69, 9.17) is 28.4 Å². The van der Waals surface area contributed by atoms with Gasteiger partial charge in [0.25, 0.3) is 0 Å². The third-order valence-corrected chi connectivity index (χ3v) is 8.37. The molecule has 0 radical (unpaired) electrons. The van der Waals surface area contributed by atoms with E-state index in [9.17, 15) is 9.00 Å². The average molecular weight is 591 g/mol. The van der Waals surface area contributed by atoms with Crippen molar-refractivity contribution >= 4 is 16.8 Å². The highest BCUT2D eigenvalue weighted by Gasteiger charge is 2.49. The quantitative estimate of drug-likeness (QED) is 0.255. The zero-order valence-electron chi connectivity index (χ0n) is 23.6. The van der Waals surface area contributed by atoms with E-state index in [1.807, 2.05) is 91.0 Å². The summed E-state index contributed by atoms with van der Waals surface area (Å²) in [6.07, 6.45) is -2.27. The van der Waals surface area contributed by atoms with Crippen molar-refractivity contribution in [2.45, 2.75) is 52.0 Å². The zero-order chi connectivity index (χ0) is 29.3. The Morgan fingerprint density at radius 1 is 0.810 bits per heavy atom. The Morgan fingerprint density at radius 2 is 1.36 bits per heavy atom. The number of carbonyl (C=O) groups excluding carboxylic acids is 1. The lowest BCUT2D eigenvalue weighted by molar-refractivity contribution is -0.173. The Kier molecular flexibility index (Phi) is 10.2.